The van der Waals surface area contributed by atoms with Crippen molar-refractivity contribution in [3.63, 3.8) is 0 Å². The predicted molar refractivity (Wildman–Crippen MR) is 81.1 cm³/mol. The van der Waals surface area contributed by atoms with E-state index in [-0.39, 0.29) is 5.91 Å². The molecule has 1 aromatic heterocycles. The first-order valence-corrected chi connectivity index (χ1v) is 7.41. The smallest absolute Gasteiger partial charge is 0.254 e. The number of rotatable bonds is 1. The highest BCUT2D eigenvalue weighted by Crippen LogP contribution is 2.25. The lowest BCUT2D eigenvalue weighted by atomic mass is 10.0. The van der Waals surface area contributed by atoms with Crippen LogP contribution < -0.4 is 0 Å². The Kier molecular flexibility index (Phi) is 3.62. The molecule has 20 heavy (non-hydrogen) atoms. The lowest BCUT2D eigenvalue weighted by Crippen LogP contribution is -2.42. The van der Waals surface area contributed by atoms with Gasteiger partial charge in [-0.2, -0.15) is 0 Å². The van der Waals surface area contributed by atoms with Crippen molar-refractivity contribution in [2.75, 3.05) is 6.54 Å². The molecule has 1 amide bonds. The zero-order chi connectivity index (χ0) is 14.1. The molecule has 1 fully saturated rings. The van der Waals surface area contributed by atoms with Gasteiger partial charge in [0, 0.05) is 18.0 Å². The number of amides is 1. The summed E-state index contributed by atoms with van der Waals surface area (Å²) < 4.78 is 0. The Bertz CT molecular complexity index is 656. The number of halogens is 1. The van der Waals surface area contributed by atoms with Crippen molar-refractivity contribution >= 4 is 28.4 Å². The first-order valence-electron chi connectivity index (χ1n) is 7.03. The summed E-state index contributed by atoms with van der Waals surface area (Å²) in [5.74, 6) is 0.0673. The van der Waals surface area contributed by atoms with Crippen LogP contribution >= 0.6 is 11.6 Å². The van der Waals surface area contributed by atoms with Crippen LogP contribution in [0.15, 0.2) is 30.3 Å². The molecule has 4 heteroatoms. The van der Waals surface area contributed by atoms with Gasteiger partial charge in [-0.15, -0.1) is 0 Å². The van der Waals surface area contributed by atoms with Gasteiger partial charge in [0.1, 0.15) is 5.15 Å². The molecule has 104 valence electrons. The van der Waals surface area contributed by atoms with Crippen LogP contribution in [-0.4, -0.2) is 28.4 Å². The summed E-state index contributed by atoms with van der Waals surface area (Å²) >= 11 is 6.06. The van der Waals surface area contributed by atoms with Gasteiger partial charge in [0.2, 0.25) is 0 Å². The SMILES string of the molecule is CC1CCCCN1C(=O)c1cc(Cl)nc2ccccc12. The highest BCUT2D eigenvalue weighted by atomic mass is 35.5. The molecular formula is C16H17ClN2O. The van der Waals surface area contributed by atoms with Crippen molar-refractivity contribution < 1.29 is 4.79 Å². The van der Waals surface area contributed by atoms with Gasteiger partial charge >= 0.3 is 0 Å². The highest BCUT2D eigenvalue weighted by molar-refractivity contribution is 6.30. The first-order chi connectivity index (χ1) is 9.66. The van der Waals surface area contributed by atoms with E-state index in [1.165, 1.54) is 6.42 Å². The fraction of sp³-hybridized carbons (Fsp3) is 0.375. The van der Waals surface area contributed by atoms with Crippen LogP contribution in [0.25, 0.3) is 10.9 Å². The van der Waals surface area contributed by atoms with Crippen LogP contribution in [-0.2, 0) is 0 Å². The van der Waals surface area contributed by atoms with E-state index in [2.05, 4.69) is 11.9 Å². The third kappa shape index (κ3) is 2.38. The van der Waals surface area contributed by atoms with Gasteiger partial charge in [-0.25, -0.2) is 4.98 Å². The topological polar surface area (TPSA) is 33.2 Å². The maximum Gasteiger partial charge on any atom is 0.254 e. The van der Waals surface area contributed by atoms with Crippen LogP contribution in [0.5, 0.6) is 0 Å². The van der Waals surface area contributed by atoms with E-state index < -0.39 is 0 Å². The largest absolute Gasteiger partial charge is 0.336 e. The summed E-state index contributed by atoms with van der Waals surface area (Å²) in [5.41, 5.74) is 1.43. The molecule has 0 radical (unpaired) electrons. The van der Waals surface area contributed by atoms with Gasteiger partial charge < -0.3 is 4.90 Å². The molecular weight excluding hydrogens is 272 g/mol. The summed E-state index contributed by atoms with van der Waals surface area (Å²) in [5, 5.41) is 1.25. The molecule has 1 saturated heterocycles. The summed E-state index contributed by atoms with van der Waals surface area (Å²) in [4.78, 5) is 19.1. The molecule has 1 aliphatic heterocycles. The second-order valence-electron chi connectivity index (χ2n) is 5.35. The number of pyridine rings is 1. The molecule has 2 aromatic rings. The number of benzene rings is 1. The molecule has 1 aliphatic rings. The number of carbonyl (C=O) groups excluding carboxylic acids is 1. The number of hydrogen-bond donors (Lipinski definition) is 0. The monoisotopic (exact) mass is 288 g/mol. The molecule has 1 unspecified atom stereocenters. The minimum atomic E-state index is 0.0673. The molecule has 3 rings (SSSR count). The van der Waals surface area contributed by atoms with Crippen LogP contribution in [0, 0.1) is 0 Å². The molecule has 0 spiro atoms. The molecule has 0 aliphatic carbocycles. The summed E-state index contributed by atoms with van der Waals surface area (Å²) in [6.07, 6.45) is 3.35. The van der Waals surface area contributed by atoms with E-state index in [0.717, 1.165) is 30.3 Å². The average Bonchev–Trinajstić information content (AvgIpc) is 2.46. The Morgan fingerprint density at radius 2 is 2.15 bits per heavy atom. The third-order valence-electron chi connectivity index (χ3n) is 3.98. The van der Waals surface area contributed by atoms with Crippen molar-refractivity contribution in [3.05, 3.63) is 41.0 Å². The minimum absolute atomic E-state index is 0.0673. The zero-order valence-corrected chi connectivity index (χ0v) is 12.2. The maximum atomic E-state index is 12.8. The van der Waals surface area contributed by atoms with Crippen molar-refractivity contribution in [2.24, 2.45) is 0 Å². The molecule has 1 aromatic carbocycles. The van der Waals surface area contributed by atoms with Crippen molar-refractivity contribution in [2.45, 2.75) is 32.2 Å². The van der Waals surface area contributed by atoms with Gasteiger partial charge in [0.25, 0.3) is 5.91 Å². The molecule has 0 bridgehead atoms. The van der Waals surface area contributed by atoms with Gasteiger partial charge in [-0.3, -0.25) is 4.79 Å². The first kappa shape index (κ1) is 13.4. The van der Waals surface area contributed by atoms with Gasteiger partial charge in [-0.1, -0.05) is 29.8 Å². The second-order valence-corrected chi connectivity index (χ2v) is 5.74. The summed E-state index contributed by atoms with van der Waals surface area (Å²) in [6, 6.07) is 9.63. The van der Waals surface area contributed by atoms with Gasteiger partial charge in [0.15, 0.2) is 0 Å². The van der Waals surface area contributed by atoms with E-state index in [9.17, 15) is 4.79 Å². The van der Waals surface area contributed by atoms with Crippen molar-refractivity contribution in [1.82, 2.24) is 9.88 Å². The number of likely N-dealkylation sites (tertiary alicyclic amines) is 1. The fourth-order valence-electron chi connectivity index (χ4n) is 2.87. The highest BCUT2D eigenvalue weighted by Gasteiger charge is 2.25. The van der Waals surface area contributed by atoms with E-state index in [1.54, 1.807) is 6.07 Å². The molecule has 0 N–H and O–H groups in total. The normalized spacial score (nSPS) is 19.3. The molecule has 1 atom stereocenters. The van der Waals surface area contributed by atoms with Crippen LogP contribution in [0.4, 0.5) is 0 Å². The lowest BCUT2D eigenvalue weighted by Gasteiger charge is -2.33. The fourth-order valence-corrected chi connectivity index (χ4v) is 3.07. The molecule has 0 saturated carbocycles. The van der Waals surface area contributed by atoms with E-state index in [1.807, 2.05) is 29.2 Å². The van der Waals surface area contributed by atoms with Crippen LogP contribution in [0.2, 0.25) is 5.15 Å². The Hall–Kier alpha value is -1.61. The summed E-state index contributed by atoms with van der Waals surface area (Å²) in [7, 11) is 0. The number of para-hydroxylation sites is 1. The number of nitrogens with zero attached hydrogens (tertiary/aromatic N) is 2. The Morgan fingerprint density at radius 3 is 2.95 bits per heavy atom. The predicted octanol–water partition coefficient (Wildman–Crippen LogP) is 3.90. The van der Waals surface area contributed by atoms with E-state index in [0.29, 0.717) is 16.8 Å². The lowest BCUT2D eigenvalue weighted by molar-refractivity contribution is 0.0637. The maximum absolute atomic E-state index is 12.8. The number of piperidine rings is 1. The average molecular weight is 289 g/mol. The van der Waals surface area contributed by atoms with Crippen LogP contribution in [0.3, 0.4) is 0 Å². The number of aromatic nitrogens is 1. The summed E-state index contributed by atoms with van der Waals surface area (Å²) in [6.45, 7) is 2.94. The van der Waals surface area contributed by atoms with Crippen molar-refractivity contribution in [1.29, 1.82) is 0 Å². The standard InChI is InChI=1S/C16H17ClN2O/c1-11-6-4-5-9-19(11)16(20)13-10-15(17)18-14-8-3-2-7-12(13)14/h2-3,7-8,10-11H,4-6,9H2,1H3. The number of carbonyl (C=O) groups is 1. The molecule has 2 heterocycles. The number of hydrogen-bond acceptors (Lipinski definition) is 2. The van der Waals surface area contributed by atoms with Gasteiger partial charge in [0.05, 0.1) is 11.1 Å². The van der Waals surface area contributed by atoms with E-state index >= 15 is 0 Å². The second kappa shape index (κ2) is 5.41. The van der Waals surface area contributed by atoms with Crippen molar-refractivity contribution in [3.8, 4) is 0 Å². The minimum Gasteiger partial charge on any atom is -0.336 e. The van der Waals surface area contributed by atoms with Gasteiger partial charge in [-0.05, 0) is 38.3 Å². The quantitative estimate of drug-likeness (QED) is 0.746. The Labute approximate surface area is 123 Å². The third-order valence-corrected chi connectivity index (χ3v) is 4.17. The molecule has 3 nitrogen and oxygen atoms in total. The Balaban J connectivity index is 2.06. The number of fused-ring (bicyclic) bond motifs is 1. The zero-order valence-electron chi connectivity index (χ0n) is 11.5. The van der Waals surface area contributed by atoms with E-state index in [4.69, 9.17) is 11.6 Å². The van der Waals surface area contributed by atoms with Crippen LogP contribution in [0.1, 0.15) is 36.5 Å². The Morgan fingerprint density at radius 1 is 1.35 bits per heavy atom.